The Kier molecular flexibility index (Phi) is 3.58. The van der Waals surface area contributed by atoms with Crippen LogP contribution in [0.1, 0.15) is 19.3 Å². The van der Waals surface area contributed by atoms with Gasteiger partial charge in [0.1, 0.15) is 6.04 Å². The van der Waals surface area contributed by atoms with E-state index in [1.165, 1.54) is 0 Å². The van der Waals surface area contributed by atoms with Crippen LogP contribution in [0.5, 0.6) is 0 Å². The summed E-state index contributed by atoms with van der Waals surface area (Å²) < 4.78 is 25.9. The minimum atomic E-state index is -2.93. The number of rotatable bonds is 3. The van der Waals surface area contributed by atoms with Crippen LogP contribution >= 0.6 is 0 Å². The molecule has 1 aliphatic rings. The smallest absolute Gasteiger partial charge is 0.268 e. The second-order valence-electron chi connectivity index (χ2n) is 3.62. The molecule has 4 nitrogen and oxygen atoms in total. The number of carbonyl (C=O) groups excluding carboxylic acids is 1. The van der Waals surface area contributed by atoms with E-state index in [2.05, 4.69) is 0 Å². The number of likely N-dealkylation sites (tertiary alicyclic amines) is 1. The minimum absolute atomic E-state index is 0.130. The molecule has 0 saturated carbocycles. The third-order valence-corrected chi connectivity index (χ3v) is 2.33. The fourth-order valence-electron chi connectivity index (χ4n) is 1.59. The molecule has 0 radical (unpaired) electrons. The van der Waals surface area contributed by atoms with Gasteiger partial charge in [0, 0.05) is 12.8 Å². The molecule has 0 bridgehead atoms. The van der Waals surface area contributed by atoms with Gasteiger partial charge in [0.2, 0.25) is 5.91 Å². The Morgan fingerprint density at radius 1 is 1.67 bits per heavy atom. The van der Waals surface area contributed by atoms with E-state index in [4.69, 9.17) is 11.0 Å². The lowest BCUT2D eigenvalue weighted by atomic mass is 10.2. The molecule has 1 amide bonds. The lowest BCUT2D eigenvalue weighted by molar-refractivity contribution is -0.132. The van der Waals surface area contributed by atoms with Crippen molar-refractivity contribution in [3.8, 4) is 6.07 Å². The highest BCUT2D eigenvalue weighted by Crippen LogP contribution is 2.32. The summed E-state index contributed by atoms with van der Waals surface area (Å²) in [6.45, 7) is -0.304. The Morgan fingerprint density at radius 3 is 2.87 bits per heavy atom. The van der Waals surface area contributed by atoms with E-state index in [-0.39, 0.29) is 6.42 Å². The van der Waals surface area contributed by atoms with Crippen LogP contribution in [-0.2, 0) is 4.79 Å². The van der Waals surface area contributed by atoms with Crippen molar-refractivity contribution in [2.24, 2.45) is 5.73 Å². The van der Waals surface area contributed by atoms with E-state index in [0.717, 1.165) is 4.90 Å². The molecule has 1 rings (SSSR count). The van der Waals surface area contributed by atoms with Crippen molar-refractivity contribution in [1.82, 2.24) is 4.90 Å². The van der Waals surface area contributed by atoms with Gasteiger partial charge in [-0.05, 0) is 13.0 Å². The Bertz CT molecular complexity index is 288. The molecule has 2 N–H and O–H groups in total. The molecule has 84 valence electrons. The van der Waals surface area contributed by atoms with Crippen LogP contribution in [-0.4, -0.2) is 35.9 Å². The summed E-state index contributed by atoms with van der Waals surface area (Å²) >= 11 is 0. The van der Waals surface area contributed by atoms with Crippen molar-refractivity contribution in [2.45, 2.75) is 31.2 Å². The lowest BCUT2D eigenvalue weighted by Gasteiger charge is -2.18. The number of nitriles is 1. The first-order valence-corrected chi connectivity index (χ1v) is 4.77. The van der Waals surface area contributed by atoms with Gasteiger partial charge in [-0.3, -0.25) is 4.79 Å². The molecular formula is C9H13F2N3O. The van der Waals surface area contributed by atoms with Gasteiger partial charge in [-0.1, -0.05) is 0 Å². The summed E-state index contributed by atoms with van der Waals surface area (Å²) in [5.41, 5.74) is 5.21. The number of halogens is 2. The number of hydrogen-bond donors (Lipinski definition) is 1. The number of hydrogen-bond acceptors (Lipinski definition) is 3. The maximum Gasteiger partial charge on any atom is 0.268 e. The Hall–Kier alpha value is -1.22. The average molecular weight is 217 g/mol. The Balaban J connectivity index is 2.61. The zero-order valence-corrected chi connectivity index (χ0v) is 8.25. The van der Waals surface area contributed by atoms with E-state index >= 15 is 0 Å². The van der Waals surface area contributed by atoms with Crippen molar-refractivity contribution < 1.29 is 13.6 Å². The summed E-state index contributed by atoms with van der Waals surface area (Å²) in [5, 5.41) is 8.64. The third kappa shape index (κ3) is 2.86. The molecule has 0 spiro atoms. The normalized spacial score (nSPS) is 23.9. The fraction of sp³-hybridized carbons (Fsp3) is 0.778. The molecule has 1 unspecified atom stereocenters. The molecule has 6 heteroatoms. The number of nitrogens with zero attached hydrogens (tertiary/aromatic N) is 2. The van der Waals surface area contributed by atoms with Crippen LogP contribution in [0.15, 0.2) is 0 Å². The van der Waals surface area contributed by atoms with Gasteiger partial charge in [0.15, 0.2) is 0 Å². The molecule has 0 aliphatic carbocycles. The highest BCUT2D eigenvalue weighted by molar-refractivity contribution is 5.77. The van der Waals surface area contributed by atoms with Crippen LogP contribution in [0, 0.1) is 11.3 Å². The van der Waals surface area contributed by atoms with E-state index in [1.54, 1.807) is 6.07 Å². The van der Waals surface area contributed by atoms with E-state index in [0.29, 0.717) is 13.0 Å². The number of carbonyl (C=O) groups is 1. The molecule has 0 aromatic rings. The highest BCUT2D eigenvalue weighted by Gasteiger charge is 2.46. The number of amides is 1. The van der Waals surface area contributed by atoms with Gasteiger partial charge in [-0.2, -0.15) is 5.26 Å². The third-order valence-electron chi connectivity index (χ3n) is 2.33. The van der Waals surface area contributed by atoms with Gasteiger partial charge in [0.05, 0.1) is 12.6 Å². The predicted molar refractivity (Wildman–Crippen MR) is 49.0 cm³/mol. The first kappa shape index (κ1) is 11.9. The van der Waals surface area contributed by atoms with Crippen LogP contribution in [0.2, 0.25) is 0 Å². The van der Waals surface area contributed by atoms with Crippen molar-refractivity contribution in [3.05, 3.63) is 0 Å². The standard InChI is InChI=1S/C9H13F2N3O/c10-9(11)4-7(5-13)14(6-9)8(15)2-1-3-12/h7H,1-4,6,12H2. The lowest BCUT2D eigenvalue weighted by Crippen LogP contribution is -2.36. The molecule has 1 saturated heterocycles. The van der Waals surface area contributed by atoms with Crippen LogP contribution < -0.4 is 5.73 Å². The Morgan fingerprint density at radius 2 is 2.33 bits per heavy atom. The van der Waals surface area contributed by atoms with Gasteiger partial charge >= 0.3 is 0 Å². The number of alkyl halides is 2. The van der Waals surface area contributed by atoms with Gasteiger partial charge < -0.3 is 10.6 Å². The van der Waals surface area contributed by atoms with Crippen molar-refractivity contribution in [1.29, 1.82) is 5.26 Å². The summed E-state index contributed by atoms with van der Waals surface area (Å²) in [6.07, 6.45) is 0.0294. The maximum atomic E-state index is 12.9. The van der Waals surface area contributed by atoms with Gasteiger partial charge in [0.25, 0.3) is 5.92 Å². The molecule has 0 aromatic heterocycles. The molecule has 0 aromatic carbocycles. The molecule has 15 heavy (non-hydrogen) atoms. The molecular weight excluding hydrogens is 204 g/mol. The first-order chi connectivity index (χ1) is 7.00. The van der Waals surface area contributed by atoms with Crippen molar-refractivity contribution >= 4 is 5.91 Å². The van der Waals surface area contributed by atoms with E-state index in [1.807, 2.05) is 0 Å². The maximum absolute atomic E-state index is 12.9. The average Bonchev–Trinajstić information content (AvgIpc) is 2.50. The second kappa shape index (κ2) is 4.53. The zero-order valence-electron chi connectivity index (χ0n) is 8.25. The quantitative estimate of drug-likeness (QED) is 0.747. The first-order valence-electron chi connectivity index (χ1n) is 4.77. The molecule has 1 aliphatic heterocycles. The predicted octanol–water partition coefficient (Wildman–Crippen LogP) is 0.485. The summed E-state index contributed by atoms with van der Waals surface area (Å²) in [7, 11) is 0. The zero-order chi connectivity index (χ0) is 11.5. The molecule has 1 heterocycles. The van der Waals surface area contributed by atoms with E-state index < -0.39 is 30.8 Å². The topological polar surface area (TPSA) is 70.1 Å². The minimum Gasteiger partial charge on any atom is -0.330 e. The summed E-state index contributed by atoms with van der Waals surface area (Å²) in [4.78, 5) is 12.4. The van der Waals surface area contributed by atoms with Crippen molar-refractivity contribution in [3.63, 3.8) is 0 Å². The van der Waals surface area contributed by atoms with Crippen LogP contribution in [0.4, 0.5) is 8.78 Å². The monoisotopic (exact) mass is 217 g/mol. The van der Waals surface area contributed by atoms with Crippen LogP contribution in [0.25, 0.3) is 0 Å². The Labute approximate surface area is 86.6 Å². The molecule has 1 atom stereocenters. The highest BCUT2D eigenvalue weighted by atomic mass is 19.3. The van der Waals surface area contributed by atoms with E-state index in [9.17, 15) is 13.6 Å². The summed E-state index contributed by atoms with van der Waals surface area (Å²) in [6, 6.07) is 0.726. The largest absolute Gasteiger partial charge is 0.330 e. The molecule has 1 fully saturated rings. The number of nitrogens with two attached hydrogens (primary N) is 1. The summed E-state index contributed by atoms with van der Waals surface area (Å²) in [5.74, 6) is -3.34. The van der Waals surface area contributed by atoms with Gasteiger partial charge in [-0.25, -0.2) is 8.78 Å². The fourth-order valence-corrected chi connectivity index (χ4v) is 1.59. The SMILES string of the molecule is N#CC1CC(F)(F)CN1C(=O)CCCN. The van der Waals surface area contributed by atoms with Crippen molar-refractivity contribution in [2.75, 3.05) is 13.1 Å². The van der Waals surface area contributed by atoms with Crippen LogP contribution in [0.3, 0.4) is 0 Å². The second-order valence-corrected chi connectivity index (χ2v) is 3.62. The van der Waals surface area contributed by atoms with Gasteiger partial charge in [-0.15, -0.1) is 0 Å².